The quantitative estimate of drug-likeness (QED) is 0.648. The van der Waals surface area contributed by atoms with Crippen LogP contribution in [-0.4, -0.2) is 30.3 Å². The van der Waals surface area contributed by atoms with Crippen LogP contribution in [0.4, 0.5) is 13.2 Å². The summed E-state index contributed by atoms with van der Waals surface area (Å²) in [6.45, 7) is -0.0260. The molecule has 0 spiro atoms. The number of nitrogens with one attached hydrogen (secondary N) is 1. The SMILES string of the molecule is O=C(NCCCC(F)(F)F)c1ccc(C#CCCO)cc1. The molecule has 0 bridgehead atoms. The first-order valence-electron chi connectivity index (χ1n) is 6.47. The molecule has 1 rings (SSSR count). The highest BCUT2D eigenvalue weighted by molar-refractivity contribution is 5.94. The number of carbonyl (C=O) groups excluding carboxylic acids is 1. The van der Waals surface area contributed by atoms with Gasteiger partial charge in [0.1, 0.15) is 0 Å². The lowest BCUT2D eigenvalue weighted by molar-refractivity contribution is -0.135. The Balaban J connectivity index is 2.43. The van der Waals surface area contributed by atoms with E-state index in [9.17, 15) is 18.0 Å². The Morgan fingerprint density at radius 1 is 1.24 bits per heavy atom. The van der Waals surface area contributed by atoms with Crippen molar-refractivity contribution in [3.05, 3.63) is 35.4 Å². The summed E-state index contributed by atoms with van der Waals surface area (Å²) in [5.74, 6) is 5.15. The van der Waals surface area contributed by atoms with Gasteiger partial charge < -0.3 is 10.4 Å². The summed E-state index contributed by atoms with van der Waals surface area (Å²) in [5, 5.41) is 11.0. The van der Waals surface area contributed by atoms with Crippen molar-refractivity contribution < 1.29 is 23.1 Å². The van der Waals surface area contributed by atoms with Crippen LogP contribution in [0, 0.1) is 11.8 Å². The van der Waals surface area contributed by atoms with Crippen molar-refractivity contribution in [1.82, 2.24) is 5.32 Å². The smallest absolute Gasteiger partial charge is 0.389 e. The van der Waals surface area contributed by atoms with Gasteiger partial charge in [-0.3, -0.25) is 4.79 Å². The molecule has 0 aliphatic carbocycles. The highest BCUT2D eigenvalue weighted by atomic mass is 19.4. The second-order valence-electron chi connectivity index (χ2n) is 4.33. The van der Waals surface area contributed by atoms with E-state index in [1.54, 1.807) is 24.3 Å². The number of alkyl halides is 3. The third kappa shape index (κ3) is 7.37. The van der Waals surface area contributed by atoms with Gasteiger partial charge in [-0.1, -0.05) is 11.8 Å². The average molecular weight is 299 g/mol. The van der Waals surface area contributed by atoms with Crippen molar-refractivity contribution in [2.45, 2.75) is 25.4 Å². The van der Waals surface area contributed by atoms with Crippen LogP contribution in [0.15, 0.2) is 24.3 Å². The van der Waals surface area contributed by atoms with Crippen molar-refractivity contribution in [2.24, 2.45) is 0 Å². The number of benzene rings is 1. The predicted octanol–water partition coefficient (Wildman–Crippen LogP) is 2.49. The maximum Gasteiger partial charge on any atom is 0.389 e. The zero-order valence-corrected chi connectivity index (χ0v) is 11.3. The van der Waals surface area contributed by atoms with Crippen molar-refractivity contribution in [1.29, 1.82) is 0 Å². The Hall–Kier alpha value is -2.00. The Kier molecular flexibility index (Phi) is 6.76. The minimum atomic E-state index is -4.19. The highest BCUT2D eigenvalue weighted by Gasteiger charge is 2.25. The lowest BCUT2D eigenvalue weighted by Crippen LogP contribution is -2.25. The molecule has 0 aliphatic rings. The van der Waals surface area contributed by atoms with Gasteiger partial charge in [-0.2, -0.15) is 13.2 Å². The van der Waals surface area contributed by atoms with Crippen molar-refractivity contribution in [3.8, 4) is 11.8 Å². The molecule has 0 saturated heterocycles. The van der Waals surface area contributed by atoms with Gasteiger partial charge in [0.15, 0.2) is 0 Å². The van der Waals surface area contributed by atoms with E-state index in [0.29, 0.717) is 17.5 Å². The summed E-state index contributed by atoms with van der Waals surface area (Å²) in [5.41, 5.74) is 1.08. The van der Waals surface area contributed by atoms with Crippen LogP contribution in [0.3, 0.4) is 0 Å². The fourth-order valence-electron chi connectivity index (χ4n) is 1.52. The molecule has 0 atom stereocenters. The molecule has 3 nitrogen and oxygen atoms in total. The monoisotopic (exact) mass is 299 g/mol. The number of aliphatic hydroxyl groups is 1. The van der Waals surface area contributed by atoms with Gasteiger partial charge >= 0.3 is 6.18 Å². The standard InChI is InChI=1S/C15H16F3NO2/c16-15(17,18)9-3-10-19-14(21)13-7-5-12(6-8-13)4-1-2-11-20/h5-8,20H,2-3,9-11H2,(H,19,21). The minimum Gasteiger partial charge on any atom is -0.395 e. The molecule has 6 heteroatoms. The molecule has 0 fully saturated rings. The van der Waals surface area contributed by atoms with Crippen LogP contribution in [0.5, 0.6) is 0 Å². The summed E-state index contributed by atoms with van der Waals surface area (Å²) in [6.07, 6.45) is -4.87. The molecular formula is C15H16F3NO2. The summed E-state index contributed by atoms with van der Waals surface area (Å²) in [4.78, 5) is 11.7. The summed E-state index contributed by atoms with van der Waals surface area (Å²) >= 11 is 0. The first-order valence-corrected chi connectivity index (χ1v) is 6.47. The van der Waals surface area contributed by atoms with Crippen molar-refractivity contribution in [3.63, 3.8) is 0 Å². The molecule has 114 valence electrons. The van der Waals surface area contributed by atoms with E-state index in [4.69, 9.17) is 5.11 Å². The Morgan fingerprint density at radius 3 is 2.48 bits per heavy atom. The molecule has 21 heavy (non-hydrogen) atoms. The topological polar surface area (TPSA) is 49.3 Å². The fraction of sp³-hybridized carbons (Fsp3) is 0.400. The molecule has 0 aromatic heterocycles. The zero-order chi connectivity index (χ0) is 15.7. The van der Waals surface area contributed by atoms with E-state index in [0.717, 1.165) is 0 Å². The second-order valence-corrected chi connectivity index (χ2v) is 4.33. The Bertz CT molecular complexity index is 512. The van der Waals surface area contributed by atoms with Crippen LogP contribution >= 0.6 is 0 Å². The highest BCUT2D eigenvalue weighted by Crippen LogP contribution is 2.20. The summed E-state index contributed by atoms with van der Waals surface area (Å²) < 4.78 is 35.8. The van der Waals surface area contributed by atoms with E-state index < -0.39 is 18.5 Å². The first-order chi connectivity index (χ1) is 9.92. The van der Waals surface area contributed by atoms with Crippen LogP contribution in [0.2, 0.25) is 0 Å². The molecule has 1 amide bonds. The molecule has 0 aliphatic heterocycles. The molecule has 0 radical (unpaired) electrons. The number of hydrogen-bond acceptors (Lipinski definition) is 2. The summed E-state index contributed by atoms with van der Waals surface area (Å²) in [7, 11) is 0. The summed E-state index contributed by atoms with van der Waals surface area (Å²) in [6, 6.07) is 6.41. The van der Waals surface area contributed by atoms with Gasteiger partial charge in [0, 0.05) is 30.5 Å². The molecule has 0 heterocycles. The third-order valence-corrected chi connectivity index (χ3v) is 2.54. The number of rotatable bonds is 5. The molecule has 0 saturated carbocycles. The maximum absolute atomic E-state index is 11.9. The minimum absolute atomic E-state index is 0.00852. The van der Waals surface area contributed by atoms with E-state index in [-0.39, 0.29) is 19.6 Å². The Labute approximate surface area is 121 Å². The van der Waals surface area contributed by atoms with Crippen LogP contribution in [0.1, 0.15) is 35.2 Å². The zero-order valence-electron chi connectivity index (χ0n) is 11.3. The van der Waals surface area contributed by atoms with E-state index in [1.165, 1.54) is 0 Å². The Morgan fingerprint density at radius 2 is 1.90 bits per heavy atom. The molecule has 2 N–H and O–H groups in total. The lowest BCUT2D eigenvalue weighted by atomic mass is 10.1. The number of aliphatic hydroxyl groups excluding tert-OH is 1. The lowest BCUT2D eigenvalue weighted by Gasteiger charge is -2.07. The predicted molar refractivity (Wildman–Crippen MR) is 72.6 cm³/mol. The third-order valence-electron chi connectivity index (χ3n) is 2.54. The number of carbonyl (C=O) groups is 1. The maximum atomic E-state index is 11.9. The van der Waals surface area contributed by atoms with E-state index in [2.05, 4.69) is 17.2 Å². The van der Waals surface area contributed by atoms with Crippen molar-refractivity contribution in [2.75, 3.05) is 13.2 Å². The van der Waals surface area contributed by atoms with Crippen LogP contribution in [0.25, 0.3) is 0 Å². The normalized spacial score (nSPS) is 10.7. The van der Waals surface area contributed by atoms with Gasteiger partial charge in [-0.15, -0.1) is 0 Å². The molecule has 1 aromatic carbocycles. The van der Waals surface area contributed by atoms with Gasteiger partial charge in [0.05, 0.1) is 6.61 Å². The first kappa shape index (κ1) is 17.1. The van der Waals surface area contributed by atoms with Crippen LogP contribution in [-0.2, 0) is 0 Å². The molecular weight excluding hydrogens is 283 g/mol. The van der Waals surface area contributed by atoms with Gasteiger partial charge in [-0.25, -0.2) is 0 Å². The number of halogens is 3. The van der Waals surface area contributed by atoms with Gasteiger partial charge in [0.2, 0.25) is 0 Å². The largest absolute Gasteiger partial charge is 0.395 e. The number of hydrogen-bond donors (Lipinski definition) is 2. The van der Waals surface area contributed by atoms with Crippen molar-refractivity contribution >= 4 is 5.91 Å². The molecule has 1 aromatic rings. The number of amides is 1. The average Bonchev–Trinajstić information content (AvgIpc) is 2.43. The van der Waals surface area contributed by atoms with E-state index in [1.807, 2.05) is 0 Å². The van der Waals surface area contributed by atoms with Gasteiger partial charge in [0.25, 0.3) is 5.91 Å². The van der Waals surface area contributed by atoms with Gasteiger partial charge in [-0.05, 0) is 30.7 Å². The fourth-order valence-corrected chi connectivity index (χ4v) is 1.52. The second kappa shape index (κ2) is 8.32. The van der Waals surface area contributed by atoms with E-state index >= 15 is 0 Å². The molecule has 0 unspecified atom stereocenters. The van der Waals surface area contributed by atoms with Crippen LogP contribution < -0.4 is 5.32 Å².